The predicted molar refractivity (Wildman–Crippen MR) is 107 cm³/mol. The van der Waals surface area contributed by atoms with Crippen LogP contribution in [-0.2, 0) is 21.3 Å². The van der Waals surface area contributed by atoms with Gasteiger partial charge < -0.3 is 9.47 Å². The predicted octanol–water partition coefficient (Wildman–Crippen LogP) is 3.13. The van der Waals surface area contributed by atoms with Gasteiger partial charge in [0.1, 0.15) is 12.7 Å². The van der Waals surface area contributed by atoms with E-state index in [0.29, 0.717) is 5.56 Å². The second-order valence-corrected chi connectivity index (χ2v) is 8.26. The van der Waals surface area contributed by atoms with E-state index >= 15 is 0 Å². The van der Waals surface area contributed by atoms with Crippen molar-refractivity contribution in [2.75, 3.05) is 6.61 Å². The molecule has 3 rings (SSSR count). The lowest BCUT2D eigenvalue weighted by atomic mass is 10.0. The Kier molecular flexibility index (Phi) is 5.90. The smallest absolute Gasteiger partial charge is 0.294 e. The molecule has 0 aliphatic carbocycles. The van der Waals surface area contributed by atoms with Crippen molar-refractivity contribution in [1.29, 1.82) is 0 Å². The molecule has 30 heavy (non-hydrogen) atoms. The molecule has 0 radical (unpaired) electrons. The van der Waals surface area contributed by atoms with Crippen molar-refractivity contribution in [3.63, 3.8) is 0 Å². The first kappa shape index (κ1) is 21.5. The van der Waals surface area contributed by atoms with Crippen LogP contribution in [-0.4, -0.2) is 36.4 Å². The van der Waals surface area contributed by atoms with Gasteiger partial charge in [0.05, 0.1) is 15.4 Å². The number of hydrogen-bond donors (Lipinski definition) is 1. The first-order valence-electron chi connectivity index (χ1n) is 8.92. The van der Waals surface area contributed by atoms with Crippen LogP contribution >= 0.6 is 0 Å². The summed E-state index contributed by atoms with van der Waals surface area (Å²) in [6, 6.07) is 7.16. The quantitative estimate of drug-likeness (QED) is 0.318. The molecule has 0 fully saturated rings. The Morgan fingerprint density at radius 1 is 1.33 bits per heavy atom. The summed E-state index contributed by atoms with van der Waals surface area (Å²) in [6.45, 7) is 3.16. The zero-order valence-corrected chi connectivity index (χ0v) is 17.0. The zero-order valence-electron chi connectivity index (χ0n) is 16.2. The highest BCUT2D eigenvalue weighted by atomic mass is 32.2. The number of nitrogens with zero attached hydrogens (tertiary/aromatic N) is 1. The van der Waals surface area contributed by atoms with Gasteiger partial charge in [0.25, 0.3) is 15.8 Å². The van der Waals surface area contributed by atoms with Gasteiger partial charge in [0, 0.05) is 12.5 Å². The number of nitro benzene ring substituents is 1. The van der Waals surface area contributed by atoms with Crippen LogP contribution in [0.15, 0.2) is 41.3 Å². The minimum absolute atomic E-state index is 0.0690. The van der Waals surface area contributed by atoms with Crippen molar-refractivity contribution in [2.45, 2.75) is 31.3 Å². The van der Waals surface area contributed by atoms with Gasteiger partial charge in [-0.25, -0.2) is 0 Å². The van der Waals surface area contributed by atoms with Gasteiger partial charge in [-0.15, -0.1) is 0 Å². The Bertz CT molecular complexity index is 1150. The molecule has 2 aromatic carbocycles. The molecule has 0 amide bonds. The molecule has 1 aliphatic rings. The van der Waals surface area contributed by atoms with Crippen LogP contribution in [0.1, 0.15) is 23.6 Å². The Morgan fingerprint density at radius 2 is 2.07 bits per heavy atom. The van der Waals surface area contributed by atoms with Crippen molar-refractivity contribution < 1.29 is 32.2 Å². The minimum atomic E-state index is -4.44. The summed E-state index contributed by atoms with van der Waals surface area (Å²) >= 11 is 0. The van der Waals surface area contributed by atoms with E-state index in [1.807, 2.05) is 0 Å². The SMILES string of the molecule is CC(=O)/C=C/c1c([N+](=O)[O-])ccc2c1OC(Cc1cc(C)ccc1S(=O)(=O)O)CO2. The van der Waals surface area contributed by atoms with Crippen molar-refractivity contribution in [1.82, 2.24) is 0 Å². The molecule has 0 saturated heterocycles. The molecule has 9 nitrogen and oxygen atoms in total. The lowest BCUT2D eigenvalue weighted by molar-refractivity contribution is -0.385. The van der Waals surface area contributed by atoms with Crippen LogP contribution in [0.3, 0.4) is 0 Å². The number of nitro groups is 1. The molecule has 0 saturated carbocycles. The first-order valence-corrected chi connectivity index (χ1v) is 10.4. The lowest BCUT2D eigenvalue weighted by Crippen LogP contribution is -2.32. The van der Waals surface area contributed by atoms with Crippen LogP contribution < -0.4 is 9.47 Å². The maximum Gasteiger partial charge on any atom is 0.294 e. The van der Waals surface area contributed by atoms with E-state index in [9.17, 15) is 27.9 Å². The van der Waals surface area contributed by atoms with Crippen molar-refractivity contribution in [2.24, 2.45) is 0 Å². The van der Waals surface area contributed by atoms with Gasteiger partial charge in [0.2, 0.25) is 0 Å². The van der Waals surface area contributed by atoms with E-state index in [2.05, 4.69) is 0 Å². The first-order chi connectivity index (χ1) is 14.1. The molecule has 2 aromatic rings. The van der Waals surface area contributed by atoms with E-state index in [-0.39, 0.29) is 46.5 Å². The second kappa shape index (κ2) is 8.25. The third-order valence-corrected chi connectivity index (χ3v) is 5.42. The minimum Gasteiger partial charge on any atom is -0.486 e. The number of rotatable bonds is 6. The van der Waals surface area contributed by atoms with Crippen molar-refractivity contribution in [3.05, 3.63) is 63.2 Å². The van der Waals surface area contributed by atoms with E-state index in [1.54, 1.807) is 19.1 Å². The Morgan fingerprint density at radius 3 is 2.70 bits per heavy atom. The Labute approximate surface area is 172 Å². The molecule has 0 aromatic heterocycles. The number of hydrogen-bond acceptors (Lipinski definition) is 7. The number of fused-ring (bicyclic) bond motifs is 1. The third-order valence-electron chi connectivity index (χ3n) is 4.47. The molecule has 1 aliphatic heterocycles. The van der Waals surface area contributed by atoms with Gasteiger partial charge in [0.15, 0.2) is 17.3 Å². The van der Waals surface area contributed by atoms with Gasteiger partial charge in [-0.05, 0) is 43.7 Å². The van der Waals surface area contributed by atoms with E-state index < -0.39 is 21.1 Å². The fourth-order valence-electron chi connectivity index (χ4n) is 3.17. The fraction of sp³-hybridized carbons (Fsp3) is 0.250. The largest absolute Gasteiger partial charge is 0.486 e. The zero-order chi connectivity index (χ0) is 22.1. The van der Waals surface area contributed by atoms with Crippen LogP contribution in [0.5, 0.6) is 11.5 Å². The highest BCUT2D eigenvalue weighted by Gasteiger charge is 2.29. The molecular weight excluding hydrogens is 414 g/mol. The van der Waals surface area contributed by atoms with E-state index in [4.69, 9.17) is 9.47 Å². The third kappa shape index (κ3) is 4.66. The van der Waals surface area contributed by atoms with Gasteiger partial charge in [-0.3, -0.25) is 19.5 Å². The van der Waals surface area contributed by atoms with Gasteiger partial charge in [-0.1, -0.05) is 17.7 Å². The maximum atomic E-state index is 11.7. The van der Waals surface area contributed by atoms with Crippen LogP contribution in [0, 0.1) is 17.0 Å². The van der Waals surface area contributed by atoms with Crippen molar-refractivity contribution >= 4 is 27.7 Å². The highest BCUT2D eigenvalue weighted by molar-refractivity contribution is 7.85. The Hall–Kier alpha value is -3.24. The molecule has 10 heteroatoms. The number of allylic oxidation sites excluding steroid dienone is 1. The maximum absolute atomic E-state index is 11.7. The molecule has 1 unspecified atom stereocenters. The van der Waals surface area contributed by atoms with E-state index in [0.717, 1.165) is 5.56 Å². The number of carbonyl (C=O) groups is 1. The molecule has 0 spiro atoms. The average molecular weight is 433 g/mol. The molecule has 1 heterocycles. The molecule has 1 atom stereocenters. The topological polar surface area (TPSA) is 133 Å². The number of ether oxygens (including phenoxy) is 2. The summed E-state index contributed by atoms with van der Waals surface area (Å²) in [7, 11) is -4.44. The molecule has 0 bridgehead atoms. The summed E-state index contributed by atoms with van der Waals surface area (Å²) in [5, 5.41) is 11.4. The summed E-state index contributed by atoms with van der Waals surface area (Å²) in [5.74, 6) is 0.0750. The van der Waals surface area contributed by atoms with E-state index in [1.165, 1.54) is 37.3 Å². The number of aryl methyl sites for hydroxylation is 1. The van der Waals surface area contributed by atoms with Gasteiger partial charge in [-0.2, -0.15) is 8.42 Å². The van der Waals surface area contributed by atoms with Crippen LogP contribution in [0.2, 0.25) is 0 Å². The molecule has 158 valence electrons. The average Bonchev–Trinajstić information content (AvgIpc) is 2.64. The second-order valence-electron chi connectivity index (χ2n) is 6.87. The summed E-state index contributed by atoms with van der Waals surface area (Å²) in [5.41, 5.74) is 0.942. The molecular formula is C20H19NO8S. The monoisotopic (exact) mass is 433 g/mol. The van der Waals surface area contributed by atoms with Crippen molar-refractivity contribution in [3.8, 4) is 11.5 Å². The normalized spacial score (nSPS) is 15.9. The van der Waals surface area contributed by atoms with Crippen LogP contribution in [0.4, 0.5) is 5.69 Å². The number of ketones is 1. The van der Waals surface area contributed by atoms with Gasteiger partial charge >= 0.3 is 0 Å². The standard InChI is InChI=1S/C20H19NO8S/c1-12-3-8-19(30(25,26)27)14(9-12)10-15-11-28-18-7-6-17(21(23)24)16(20(18)29-15)5-4-13(2)22/h3-9,15H,10-11H2,1-2H3,(H,25,26,27)/b5-4+. The summed E-state index contributed by atoms with van der Waals surface area (Å²) < 4.78 is 44.5. The summed E-state index contributed by atoms with van der Waals surface area (Å²) in [6.07, 6.45) is 1.88. The molecule has 1 N–H and O–H groups in total. The lowest BCUT2D eigenvalue weighted by Gasteiger charge is -2.28. The fourth-order valence-corrected chi connectivity index (χ4v) is 3.89. The van der Waals surface area contributed by atoms with Crippen LogP contribution in [0.25, 0.3) is 6.08 Å². The number of carbonyl (C=O) groups excluding carboxylic acids is 1. The Balaban J connectivity index is 2.00. The highest BCUT2D eigenvalue weighted by Crippen LogP contribution is 2.41. The summed E-state index contributed by atoms with van der Waals surface area (Å²) in [4.78, 5) is 21.9. The number of benzene rings is 2.